The Bertz CT molecular complexity index is 955. The third-order valence-corrected chi connectivity index (χ3v) is 8.62. The van der Waals surface area contributed by atoms with E-state index in [0.717, 1.165) is 24.2 Å². The van der Waals surface area contributed by atoms with Crippen LogP contribution >= 0.6 is 11.8 Å². The van der Waals surface area contributed by atoms with Gasteiger partial charge in [-0.25, -0.2) is 8.42 Å². The van der Waals surface area contributed by atoms with Gasteiger partial charge in [0.25, 0.3) is 5.91 Å². The maximum Gasteiger partial charge on any atom is 0.252 e. The third kappa shape index (κ3) is 4.22. The summed E-state index contributed by atoms with van der Waals surface area (Å²) in [5.74, 6) is 0.363. The summed E-state index contributed by atoms with van der Waals surface area (Å²) in [6, 6.07) is 15.8. The van der Waals surface area contributed by atoms with Crippen LogP contribution in [0.15, 0.2) is 53.4 Å². The van der Waals surface area contributed by atoms with Gasteiger partial charge >= 0.3 is 0 Å². The summed E-state index contributed by atoms with van der Waals surface area (Å²) in [6.07, 6.45) is 3.72. The molecular weight excluding hydrogens is 378 g/mol. The van der Waals surface area contributed by atoms with Crippen molar-refractivity contribution in [3.8, 4) is 0 Å². The van der Waals surface area contributed by atoms with Gasteiger partial charge in [0, 0.05) is 10.1 Å². The number of thioether (sulfide) groups is 1. The van der Waals surface area contributed by atoms with Crippen molar-refractivity contribution >= 4 is 27.5 Å². The first kappa shape index (κ1) is 18.6. The fourth-order valence-electron chi connectivity index (χ4n) is 3.93. The minimum Gasteiger partial charge on any atom is -0.345 e. The molecule has 0 saturated carbocycles. The molecule has 142 valence electrons. The standard InChI is InChI=1S/C21H23NO3S2/c23-21(22-19-10-5-7-15-6-1-2-8-17(15)19)18-9-3-4-11-20(18)26-16-12-13-27(24,25)14-16/h1-4,6,8-9,11,16,19H,5,7,10,12-14H2,(H,22,23)/t16-,19-/m1/s1. The molecule has 2 atom stereocenters. The van der Waals surface area contributed by atoms with Crippen LogP contribution in [0.2, 0.25) is 0 Å². The molecule has 1 heterocycles. The van der Waals surface area contributed by atoms with E-state index >= 15 is 0 Å². The zero-order chi connectivity index (χ0) is 18.9. The number of sulfone groups is 1. The van der Waals surface area contributed by atoms with Gasteiger partial charge in [-0.1, -0.05) is 36.4 Å². The highest BCUT2D eigenvalue weighted by atomic mass is 32.2. The molecule has 1 fully saturated rings. The molecule has 0 aromatic heterocycles. The van der Waals surface area contributed by atoms with E-state index in [1.54, 1.807) is 0 Å². The zero-order valence-electron chi connectivity index (χ0n) is 15.1. The van der Waals surface area contributed by atoms with Crippen LogP contribution in [0.5, 0.6) is 0 Å². The van der Waals surface area contributed by atoms with Crippen molar-refractivity contribution in [2.24, 2.45) is 0 Å². The number of fused-ring (bicyclic) bond motifs is 1. The highest BCUT2D eigenvalue weighted by Crippen LogP contribution is 2.34. The second-order valence-corrected chi connectivity index (χ2v) is 10.8. The van der Waals surface area contributed by atoms with E-state index in [1.807, 2.05) is 36.4 Å². The number of hydrogen-bond acceptors (Lipinski definition) is 4. The fourth-order valence-corrected chi connectivity index (χ4v) is 7.56. The monoisotopic (exact) mass is 401 g/mol. The summed E-state index contributed by atoms with van der Waals surface area (Å²) in [5.41, 5.74) is 3.16. The smallest absolute Gasteiger partial charge is 0.252 e. The lowest BCUT2D eigenvalue weighted by atomic mass is 9.87. The molecule has 0 unspecified atom stereocenters. The second-order valence-electron chi connectivity index (χ2n) is 7.26. The maximum absolute atomic E-state index is 13.0. The van der Waals surface area contributed by atoms with Crippen LogP contribution in [0.4, 0.5) is 0 Å². The minimum absolute atomic E-state index is 0.0272. The van der Waals surface area contributed by atoms with Crippen molar-refractivity contribution in [3.63, 3.8) is 0 Å². The average molecular weight is 402 g/mol. The molecule has 4 nitrogen and oxygen atoms in total. The quantitative estimate of drug-likeness (QED) is 0.847. The molecule has 2 aromatic carbocycles. The van der Waals surface area contributed by atoms with E-state index in [9.17, 15) is 13.2 Å². The molecule has 0 radical (unpaired) electrons. The van der Waals surface area contributed by atoms with Crippen LogP contribution in [0, 0.1) is 0 Å². The summed E-state index contributed by atoms with van der Waals surface area (Å²) >= 11 is 1.52. The first-order chi connectivity index (χ1) is 13.0. The first-order valence-electron chi connectivity index (χ1n) is 9.36. The van der Waals surface area contributed by atoms with Crippen LogP contribution in [-0.2, 0) is 16.3 Å². The van der Waals surface area contributed by atoms with Crippen LogP contribution in [-0.4, -0.2) is 31.1 Å². The lowest BCUT2D eigenvalue weighted by Gasteiger charge is -2.26. The SMILES string of the molecule is O=C(N[C@@H]1CCCc2ccccc21)c1ccccc1S[C@@H]1CCS(=O)(=O)C1. The van der Waals surface area contributed by atoms with Crippen LogP contribution in [0.25, 0.3) is 0 Å². The van der Waals surface area contributed by atoms with Crippen LogP contribution in [0.3, 0.4) is 0 Å². The number of carbonyl (C=O) groups is 1. The van der Waals surface area contributed by atoms with E-state index < -0.39 is 9.84 Å². The molecule has 2 aliphatic rings. The molecule has 4 rings (SSSR count). The predicted octanol–water partition coefficient (Wildman–Crippen LogP) is 3.77. The van der Waals surface area contributed by atoms with Crippen LogP contribution in [0.1, 0.15) is 46.8 Å². The van der Waals surface area contributed by atoms with Gasteiger partial charge in [0.15, 0.2) is 9.84 Å². The summed E-state index contributed by atoms with van der Waals surface area (Å²) in [7, 11) is -2.93. The summed E-state index contributed by atoms with van der Waals surface area (Å²) in [6.45, 7) is 0. The number of amides is 1. The van der Waals surface area contributed by atoms with Crippen molar-refractivity contribution in [1.29, 1.82) is 0 Å². The molecule has 0 spiro atoms. The highest BCUT2D eigenvalue weighted by molar-refractivity contribution is 8.02. The number of nitrogens with one attached hydrogen (secondary N) is 1. The van der Waals surface area contributed by atoms with Crippen molar-refractivity contribution in [2.75, 3.05) is 11.5 Å². The Hall–Kier alpha value is -1.79. The molecule has 1 aliphatic carbocycles. The Morgan fingerprint density at radius 1 is 1.04 bits per heavy atom. The van der Waals surface area contributed by atoms with Gasteiger partial charge in [0.1, 0.15) is 0 Å². The zero-order valence-corrected chi connectivity index (χ0v) is 16.7. The van der Waals surface area contributed by atoms with Crippen molar-refractivity contribution in [3.05, 3.63) is 65.2 Å². The second kappa shape index (κ2) is 7.68. The Labute approximate surface area is 164 Å². The van der Waals surface area contributed by atoms with Gasteiger partial charge in [-0.15, -0.1) is 11.8 Å². The van der Waals surface area contributed by atoms with Gasteiger partial charge < -0.3 is 5.32 Å². The minimum atomic E-state index is -2.93. The first-order valence-corrected chi connectivity index (χ1v) is 12.1. The number of aryl methyl sites for hydroxylation is 1. The molecule has 1 amide bonds. The van der Waals surface area contributed by atoms with E-state index in [4.69, 9.17) is 0 Å². The van der Waals surface area contributed by atoms with Crippen molar-refractivity contribution < 1.29 is 13.2 Å². The molecule has 1 aliphatic heterocycles. The Balaban J connectivity index is 1.52. The summed E-state index contributed by atoms with van der Waals surface area (Å²) in [5, 5.41) is 3.23. The highest BCUT2D eigenvalue weighted by Gasteiger charge is 2.30. The predicted molar refractivity (Wildman–Crippen MR) is 109 cm³/mol. The molecule has 2 aromatic rings. The summed E-state index contributed by atoms with van der Waals surface area (Å²) < 4.78 is 23.5. The van der Waals surface area contributed by atoms with Crippen LogP contribution < -0.4 is 5.32 Å². The lowest BCUT2D eigenvalue weighted by Crippen LogP contribution is -2.31. The van der Waals surface area contributed by atoms with Gasteiger partial charge in [-0.2, -0.15) is 0 Å². The van der Waals surface area contributed by atoms with Gasteiger partial charge in [0.2, 0.25) is 0 Å². The fraction of sp³-hybridized carbons (Fsp3) is 0.381. The number of carbonyl (C=O) groups excluding carboxylic acids is 1. The molecule has 27 heavy (non-hydrogen) atoms. The third-order valence-electron chi connectivity index (χ3n) is 5.29. The van der Waals surface area contributed by atoms with Crippen molar-refractivity contribution in [2.45, 2.75) is 41.9 Å². The van der Waals surface area contributed by atoms with Crippen molar-refractivity contribution in [1.82, 2.24) is 5.32 Å². The number of benzene rings is 2. The normalized spacial score (nSPS) is 23.6. The van der Waals surface area contributed by atoms with E-state index in [2.05, 4.69) is 17.4 Å². The lowest BCUT2D eigenvalue weighted by molar-refractivity contribution is 0.0930. The van der Waals surface area contributed by atoms with Gasteiger partial charge in [-0.05, 0) is 48.9 Å². The van der Waals surface area contributed by atoms with Gasteiger partial charge in [-0.3, -0.25) is 4.79 Å². The topological polar surface area (TPSA) is 63.2 Å². The maximum atomic E-state index is 13.0. The van der Waals surface area contributed by atoms with Gasteiger partial charge in [0.05, 0.1) is 23.1 Å². The van der Waals surface area contributed by atoms with E-state index in [-0.39, 0.29) is 28.7 Å². The molecule has 1 N–H and O–H groups in total. The summed E-state index contributed by atoms with van der Waals surface area (Å²) in [4.78, 5) is 13.9. The molecule has 0 bridgehead atoms. The number of rotatable bonds is 4. The Morgan fingerprint density at radius 2 is 1.81 bits per heavy atom. The molecule has 1 saturated heterocycles. The average Bonchev–Trinajstić information content (AvgIpc) is 3.01. The number of hydrogen-bond donors (Lipinski definition) is 1. The van der Waals surface area contributed by atoms with E-state index in [1.165, 1.54) is 22.9 Å². The Morgan fingerprint density at radius 3 is 2.63 bits per heavy atom. The largest absolute Gasteiger partial charge is 0.345 e. The molecular formula is C21H23NO3S2. The Kier molecular flexibility index (Phi) is 5.28. The van der Waals surface area contributed by atoms with E-state index in [0.29, 0.717) is 12.0 Å². The molecule has 6 heteroatoms.